The van der Waals surface area contributed by atoms with Crippen LogP contribution in [0.15, 0.2) is 47.3 Å². The Morgan fingerprint density at radius 3 is 1.96 bits per heavy atom. The number of benzene rings is 1. The Kier molecular flexibility index (Phi) is 27.2. The number of aliphatic hydroxyl groups excluding tert-OH is 1. The van der Waals surface area contributed by atoms with Crippen LogP contribution in [0.25, 0.3) is 22.3 Å². The van der Waals surface area contributed by atoms with Crippen molar-refractivity contribution >= 4 is 70.0 Å². The Balaban J connectivity index is 0.826. The second-order valence-electron chi connectivity index (χ2n) is 20.9. The summed E-state index contributed by atoms with van der Waals surface area (Å²) in [6.07, 6.45) is 0.346. The number of pyridine rings is 2. The number of esters is 1. The van der Waals surface area contributed by atoms with Gasteiger partial charge in [0.05, 0.1) is 127 Å². The van der Waals surface area contributed by atoms with Crippen LogP contribution in [-0.2, 0) is 106 Å². The Labute approximate surface area is 512 Å². The number of hydrogen-bond acceptors (Lipinski definition) is 21. The highest BCUT2D eigenvalue weighted by Crippen LogP contribution is 2.40. The standard InChI is InChI=1S/C59H80N10O20/c1-5-59(82)42-31-45-53-40(34-69(45)57(80)41(42)35-89-58(59)81)38(39-9-7-8-10-43(39)64-53)13-17-67(6-2)51(76)33-62-55(78)44(32-46(60)71)65-54(77)36(3)63-56(79)52(37(4)70)66-48(73)15-19-83-21-23-85-25-27-87-29-30-88-28-26-86-24-22-84-20-16-61-47(72)14-18-68-49(74)11-12-50(68)75/h7-12,31,36-37,44,52,70,82H,5-6,13-30,32-35H2,1-4H3,(H2,60,71)(H,61,72)(H,62,78)(H,63,79)(H,65,77)(H,66,73)/t36-,37?,44-,52-,59-/m0/s1. The highest BCUT2D eigenvalue weighted by Gasteiger charge is 2.46. The lowest BCUT2D eigenvalue weighted by Gasteiger charge is -2.31. The third-order valence-electron chi connectivity index (χ3n) is 14.7. The molecule has 0 aliphatic carbocycles. The molecule has 5 heterocycles. The van der Waals surface area contributed by atoms with Crippen LogP contribution in [0.4, 0.5) is 0 Å². The number of primary amides is 1. The molecular weight excluding hydrogens is 1170 g/mol. The van der Waals surface area contributed by atoms with Crippen LogP contribution in [0, 0.1) is 0 Å². The second-order valence-corrected chi connectivity index (χ2v) is 20.9. The fourth-order valence-electron chi connectivity index (χ4n) is 9.81. The molecule has 3 aliphatic heterocycles. The number of nitrogens with two attached hydrogens (primary N) is 1. The van der Waals surface area contributed by atoms with Crippen molar-refractivity contribution in [2.75, 3.05) is 112 Å². The molecule has 30 nitrogen and oxygen atoms in total. The number of para-hydroxylation sites is 1. The molecule has 0 saturated carbocycles. The fraction of sp³-hybridized carbons (Fsp3) is 0.559. The molecule has 3 aliphatic rings. The summed E-state index contributed by atoms with van der Waals surface area (Å²) in [7, 11) is 0. The number of ether oxygens (including phenoxy) is 7. The smallest absolute Gasteiger partial charge is 0.343 e. The minimum Gasteiger partial charge on any atom is -0.458 e. The zero-order valence-electron chi connectivity index (χ0n) is 50.4. The molecule has 89 heavy (non-hydrogen) atoms. The molecule has 5 atom stereocenters. The molecular formula is C59H80N10O20. The largest absolute Gasteiger partial charge is 0.458 e. The monoisotopic (exact) mass is 1250 g/mol. The molecule has 9 amide bonds. The number of amides is 9. The van der Waals surface area contributed by atoms with Gasteiger partial charge in [-0.3, -0.25) is 52.8 Å². The van der Waals surface area contributed by atoms with Crippen LogP contribution in [0.2, 0.25) is 0 Å². The first-order valence-corrected chi connectivity index (χ1v) is 29.4. The maximum absolute atomic E-state index is 13.9. The molecule has 0 saturated heterocycles. The van der Waals surface area contributed by atoms with Crippen molar-refractivity contribution in [1.29, 1.82) is 0 Å². The van der Waals surface area contributed by atoms with E-state index in [1.165, 1.54) is 35.5 Å². The highest BCUT2D eigenvalue weighted by atomic mass is 16.6. The number of carbonyl (C=O) groups excluding carboxylic acids is 10. The minimum atomic E-state index is -2.01. The summed E-state index contributed by atoms with van der Waals surface area (Å²) in [5.41, 5.74) is 6.43. The first kappa shape index (κ1) is 70.0. The molecule has 3 aromatic rings. The van der Waals surface area contributed by atoms with Crippen molar-refractivity contribution in [1.82, 2.24) is 45.9 Å². The number of nitrogens with one attached hydrogen (secondary N) is 5. The molecule has 1 aromatic carbocycles. The first-order chi connectivity index (χ1) is 42.7. The van der Waals surface area contributed by atoms with E-state index < -0.39 is 102 Å². The Morgan fingerprint density at radius 2 is 1.36 bits per heavy atom. The zero-order chi connectivity index (χ0) is 64.6. The fourth-order valence-corrected chi connectivity index (χ4v) is 9.81. The van der Waals surface area contributed by atoms with Crippen molar-refractivity contribution in [2.45, 2.75) is 103 Å². The van der Waals surface area contributed by atoms with Crippen LogP contribution in [0.1, 0.15) is 75.6 Å². The number of fused-ring (bicyclic) bond motifs is 5. The van der Waals surface area contributed by atoms with Gasteiger partial charge in [0.25, 0.3) is 17.4 Å². The normalized spacial score (nSPS) is 16.2. The number of nitrogens with zero attached hydrogens (tertiary/aromatic N) is 4. The summed E-state index contributed by atoms with van der Waals surface area (Å²) in [6.45, 7) is 9.00. The zero-order valence-corrected chi connectivity index (χ0v) is 50.4. The maximum Gasteiger partial charge on any atom is 0.343 e. The summed E-state index contributed by atoms with van der Waals surface area (Å²) in [5.74, 6) is -6.90. The van der Waals surface area contributed by atoms with Crippen LogP contribution >= 0.6 is 0 Å². The summed E-state index contributed by atoms with van der Waals surface area (Å²) in [6, 6.07) is 4.55. The predicted molar refractivity (Wildman–Crippen MR) is 313 cm³/mol. The SMILES string of the molecule is CCN(CCc1c2c(nc3ccccc13)-c1cc3c(c(=O)n1C2)COC(=O)[C@]3(O)CC)C(=O)CNC(=O)[C@H](CC(N)=O)NC(=O)[C@H](C)NC(=O)[C@@H](NC(=O)CCOCCOCCOCCOCCOCCOCCNC(=O)CCN1C(=O)C=CC1=O)C(C)O. The molecule has 30 heteroatoms. The Morgan fingerprint density at radius 1 is 0.753 bits per heavy atom. The molecule has 486 valence electrons. The third-order valence-corrected chi connectivity index (χ3v) is 14.7. The van der Waals surface area contributed by atoms with Gasteiger partial charge in [-0.2, -0.15) is 0 Å². The van der Waals surface area contributed by atoms with Gasteiger partial charge in [0.1, 0.15) is 24.7 Å². The van der Waals surface area contributed by atoms with Gasteiger partial charge in [-0.25, -0.2) is 9.78 Å². The van der Waals surface area contributed by atoms with E-state index in [0.717, 1.165) is 21.4 Å². The van der Waals surface area contributed by atoms with E-state index in [1.54, 1.807) is 19.9 Å². The predicted octanol–water partition coefficient (Wildman–Crippen LogP) is -2.76. The van der Waals surface area contributed by atoms with E-state index in [9.17, 15) is 63.0 Å². The van der Waals surface area contributed by atoms with E-state index in [4.69, 9.17) is 43.9 Å². The molecule has 0 spiro atoms. The number of aromatic nitrogens is 2. The Hall–Kier alpha value is -8.10. The highest BCUT2D eigenvalue weighted by molar-refractivity contribution is 6.13. The van der Waals surface area contributed by atoms with Crippen LogP contribution in [0.5, 0.6) is 0 Å². The summed E-state index contributed by atoms with van der Waals surface area (Å²) in [5, 5.41) is 34.8. The van der Waals surface area contributed by atoms with Gasteiger partial charge in [0, 0.05) is 67.7 Å². The molecule has 0 bridgehead atoms. The van der Waals surface area contributed by atoms with Gasteiger partial charge in [-0.1, -0.05) is 25.1 Å². The number of likely N-dealkylation sites (N-methyl/N-ethyl adjacent to an activating group) is 1. The van der Waals surface area contributed by atoms with Crippen molar-refractivity contribution in [3.63, 3.8) is 0 Å². The lowest BCUT2D eigenvalue weighted by Crippen LogP contribution is -2.58. The number of rotatable bonds is 40. The topological polar surface area (TPSA) is 403 Å². The van der Waals surface area contributed by atoms with E-state index in [1.807, 2.05) is 24.3 Å². The summed E-state index contributed by atoms with van der Waals surface area (Å²) < 4.78 is 39.4. The van der Waals surface area contributed by atoms with E-state index in [-0.39, 0.29) is 109 Å². The molecule has 1 unspecified atom stereocenters. The first-order valence-electron chi connectivity index (χ1n) is 29.4. The van der Waals surface area contributed by atoms with Crippen LogP contribution in [-0.4, -0.2) is 225 Å². The van der Waals surface area contributed by atoms with E-state index in [2.05, 4.69) is 26.6 Å². The van der Waals surface area contributed by atoms with Crippen molar-refractivity contribution in [3.8, 4) is 11.4 Å². The van der Waals surface area contributed by atoms with Gasteiger partial charge in [-0.05, 0) is 51.3 Å². The van der Waals surface area contributed by atoms with Crippen molar-refractivity contribution < 1.29 is 91.3 Å². The van der Waals surface area contributed by atoms with Crippen molar-refractivity contribution in [2.24, 2.45) is 5.73 Å². The number of cyclic esters (lactones) is 1. The molecule has 0 radical (unpaired) electrons. The average Bonchev–Trinajstić information content (AvgIpc) is 1.69. The summed E-state index contributed by atoms with van der Waals surface area (Å²) >= 11 is 0. The van der Waals surface area contributed by atoms with Crippen LogP contribution in [0.3, 0.4) is 0 Å². The van der Waals surface area contributed by atoms with Gasteiger partial charge in [0.2, 0.25) is 41.4 Å². The quantitative estimate of drug-likeness (QED) is 0.0127. The number of imide groups is 1. The Bertz CT molecular complexity index is 3120. The van der Waals surface area contributed by atoms with Gasteiger partial charge in [-0.15, -0.1) is 0 Å². The third kappa shape index (κ3) is 19.7. The lowest BCUT2D eigenvalue weighted by molar-refractivity contribution is -0.172. The minimum absolute atomic E-state index is 0.00497. The lowest BCUT2D eigenvalue weighted by atomic mass is 9.86. The van der Waals surface area contributed by atoms with Gasteiger partial charge in [0.15, 0.2) is 5.60 Å². The van der Waals surface area contributed by atoms with Crippen molar-refractivity contribution in [3.05, 3.63) is 75.1 Å². The van der Waals surface area contributed by atoms with E-state index >= 15 is 0 Å². The van der Waals surface area contributed by atoms with Gasteiger partial charge < -0.3 is 85.2 Å². The van der Waals surface area contributed by atoms with Gasteiger partial charge >= 0.3 is 5.97 Å². The maximum atomic E-state index is 13.9. The summed E-state index contributed by atoms with van der Waals surface area (Å²) in [4.78, 5) is 148. The number of carbonyl (C=O) groups is 10. The molecule has 6 rings (SSSR count). The number of aliphatic hydroxyl groups is 2. The second kappa shape index (κ2) is 34.6. The number of hydrogen-bond donors (Lipinski definition) is 8. The van der Waals surface area contributed by atoms with Crippen LogP contribution < -0.4 is 37.9 Å². The molecule has 9 N–H and O–H groups in total. The molecule has 2 aromatic heterocycles. The average molecular weight is 1250 g/mol. The molecule has 0 fully saturated rings. The van der Waals surface area contributed by atoms with E-state index in [0.29, 0.717) is 69.6 Å².